The third-order valence-corrected chi connectivity index (χ3v) is 11.5. The Balaban J connectivity index is 1.56. The van der Waals surface area contributed by atoms with Crippen LogP contribution in [0.25, 0.3) is 0 Å². The first-order chi connectivity index (χ1) is 16.1. The maximum Gasteiger partial charge on any atom is 0.305 e. The van der Waals surface area contributed by atoms with E-state index >= 15 is 0 Å². The second-order valence-electron chi connectivity index (χ2n) is 12.8. The summed E-state index contributed by atoms with van der Waals surface area (Å²) in [5.74, 6) is 3.01. The van der Waals surface area contributed by atoms with Crippen molar-refractivity contribution in [3.05, 3.63) is 0 Å². The molecule has 0 amide bonds. The predicted octanol–water partition coefficient (Wildman–Crippen LogP) is 5.77. The maximum absolute atomic E-state index is 11.9. The van der Waals surface area contributed by atoms with Gasteiger partial charge in [0.25, 0.3) is 0 Å². The van der Waals surface area contributed by atoms with Gasteiger partial charge in [0.2, 0.25) is 0 Å². The van der Waals surface area contributed by atoms with E-state index in [-0.39, 0.29) is 40.9 Å². The average Bonchev–Trinajstić information content (AvgIpc) is 3.15. The number of aliphatic hydroxyl groups is 1. The molecule has 11 atom stereocenters. The molecule has 4 fully saturated rings. The lowest BCUT2D eigenvalue weighted by atomic mass is 9.41. The molecule has 1 N–H and O–H groups in total. The van der Waals surface area contributed by atoms with E-state index in [0.29, 0.717) is 41.9 Å². The number of esters is 2. The second-order valence-corrected chi connectivity index (χ2v) is 12.8. The average molecular weight is 477 g/mol. The smallest absolute Gasteiger partial charge is 0.305 e. The summed E-state index contributed by atoms with van der Waals surface area (Å²) in [7, 11) is 1.48. The van der Waals surface area contributed by atoms with Crippen LogP contribution < -0.4 is 0 Å². The summed E-state index contributed by atoms with van der Waals surface area (Å²) in [6, 6.07) is 0. The van der Waals surface area contributed by atoms with E-state index < -0.39 is 0 Å². The molecule has 0 aliphatic heterocycles. The van der Waals surface area contributed by atoms with Crippen LogP contribution in [-0.2, 0) is 19.1 Å². The minimum absolute atomic E-state index is 0.00810. The molecule has 11 unspecified atom stereocenters. The van der Waals surface area contributed by atoms with Crippen LogP contribution in [0.15, 0.2) is 0 Å². The Kier molecular flexibility index (Phi) is 7.45. The highest BCUT2D eigenvalue weighted by Gasteiger charge is 2.65. The van der Waals surface area contributed by atoms with Crippen molar-refractivity contribution in [2.45, 2.75) is 111 Å². The molecular weight excluding hydrogens is 428 g/mol. The van der Waals surface area contributed by atoms with Crippen LogP contribution in [0, 0.1) is 52.3 Å². The molecule has 5 nitrogen and oxygen atoms in total. The summed E-state index contributed by atoms with van der Waals surface area (Å²) >= 11 is 0. The number of carbonyl (C=O) groups excluding carboxylic acids is 2. The molecule has 34 heavy (non-hydrogen) atoms. The number of hydrogen-bond acceptors (Lipinski definition) is 5. The number of rotatable bonds is 6. The zero-order valence-corrected chi connectivity index (χ0v) is 22.3. The Labute approximate surface area is 206 Å². The number of ether oxygens (including phenoxy) is 2. The van der Waals surface area contributed by atoms with Gasteiger partial charge < -0.3 is 14.6 Å². The molecule has 4 aliphatic carbocycles. The monoisotopic (exact) mass is 476 g/mol. The molecule has 0 spiro atoms. The van der Waals surface area contributed by atoms with E-state index in [1.807, 2.05) is 0 Å². The van der Waals surface area contributed by atoms with Gasteiger partial charge in [0.1, 0.15) is 6.10 Å². The topological polar surface area (TPSA) is 72.8 Å². The van der Waals surface area contributed by atoms with Gasteiger partial charge in [-0.25, -0.2) is 0 Å². The number of hydrogen-bond donors (Lipinski definition) is 1. The van der Waals surface area contributed by atoms with E-state index in [0.717, 1.165) is 32.1 Å². The molecule has 4 rings (SSSR count). The lowest BCUT2D eigenvalue weighted by Gasteiger charge is -2.64. The van der Waals surface area contributed by atoms with Crippen molar-refractivity contribution in [2.24, 2.45) is 52.3 Å². The Morgan fingerprint density at radius 2 is 1.71 bits per heavy atom. The molecule has 4 saturated carbocycles. The van der Waals surface area contributed by atoms with Gasteiger partial charge in [0.15, 0.2) is 0 Å². The van der Waals surface area contributed by atoms with Gasteiger partial charge in [-0.2, -0.15) is 0 Å². The highest BCUT2D eigenvalue weighted by Crippen LogP contribution is 2.69. The van der Waals surface area contributed by atoms with Gasteiger partial charge in [-0.05, 0) is 104 Å². The Hall–Kier alpha value is -1.10. The molecule has 0 bridgehead atoms. The summed E-state index contributed by atoms with van der Waals surface area (Å²) in [5, 5.41) is 11.9. The Morgan fingerprint density at radius 1 is 1.03 bits per heavy atom. The summed E-state index contributed by atoms with van der Waals surface area (Å²) in [4.78, 5) is 23.4. The standard InChI is InChI=1S/C29H48O5/c1-7-20-24-16-19(34-18(3)30)12-14-29(24,5)23-13-15-28(4)21(17(2)8-11-25(31)33-6)9-10-22(28)26(23)27(20)32/h17,19-24,26-27,32H,7-16H2,1-6H3. The minimum atomic E-state index is -0.266. The van der Waals surface area contributed by atoms with E-state index in [9.17, 15) is 14.7 Å². The third kappa shape index (κ3) is 4.22. The molecular formula is C29H48O5. The van der Waals surface area contributed by atoms with Crippen LogP contribution in [0.2, 0.25) is 0 Å². The third-order valence-electron chi connectivity index (χ3n) is 11.5. The zero-order chi connectivity index (χ0) is 24.8. The summed E-state index contributed by atoms with van der Waals surface area (Å²) < 4.78 is 10.6. The molecule has 5 heteroatoms. The van der Waals surface area contributed by atoms with Crippen molar-refractivity contribution in [1.82, 2.24) is 0 Å². The van der Waals surface area contributed by atoms with Gasteiger partial charge in [-0.1, -0.05) is 34.1 Å². The van der Waals surface area contributed by atoms with Gasteiger partial charge >= 0.3 is 11.9 Å². The largest absolute Gasteiger partial charge is 0.469 e. The molecule has 0 saturated heterocycles. The fourth-order valence-corrected chi connectivity index (χ4v) is 9.91. The first-order valence-corrected chi connectivity index (χ1v) is 14.0. The predicted molar refractivity (Wildman–Crippen MR) is 132 cm³/mol. The number of fused-ring (bicyclic) bond motifs is 5. The van der Waals surface area contributed by atoms with Crippen molar-refractivity contribution in [2.75, 3.05) is 7.11 Å². The van der Waals surface area contributed by atoms with Gasteiger partial charge in [0, 0.05) is 13.3 Å². The molecule has 194 valence electrons. The molecule has 4 aliphatic rings. The first kappa shape index (κ1) is 26.0. The number of aliphatic hydroxyl groups excluding tert-OH is 1. The second kappa shape index (κ2) is 9.75. The molecule has 0 heterocycles. The van der Waals surface area contributed by atoms with E-state index in [2.05, 4.69) is 27.7 Å². The highest BCUT2D eigenvalue weighted by molar-refractivity contribution is 5.69. The lowest BCUT2D eigenvalue weighted by molar-refractivity contribution is -0.207. The van der Waals surface area contributed by atoms with Gasteiger partial charge in [-0.3, -0.25) is 9.59 Å². The van der Waals surface area contributed by atoms with Crippen LogP contribution >= 0.6 is 0 Å². The van der Waals surface area contributed by atoms with Crippen molar-refractivity contribution in [1.29, 1.82) is 0 Å². The molecule has 0 aromatic rings. The summed E-state index contributed by atoms with van der Waals surface area (Å²) in [5.41, 5.74) is 0.464. The van der Waals surface area contributed by atoms with Crippen molar-refractivity contribution in [3.63, 3.8) is 0 Å². The van der Waals surface area contributed by atoms with E-state index in [4.69, 9.17) is 9.47 Å². The SMILES string of the molecule is CCC1C(O)C2C3CCC(C(C)CCC(=O)OC)C3(C)CCC2C2(C)CCC(OC(C)=O)CC12. The fraction of sp³-hybridized carbons (Fsp3) is 0.931. The molecule has 0 aromatic heterocycles. The number of methoxy groups -OCH3 is 1. The van der Waals surface area contributed by atoms with Crippen LogP contribution in [0.1, 0.15) is 98.8 Å². The fourth-order valence-electron chi connectivity index (χ4n) is 9.91. The van der Waals surface area contributed by atoms with Crippen LogP contribution in [0.5, 0.6) is 0 Å². The summed E-state index contributed by atoms with van der Waals surface area (Å²) in [6.07, 6.45) is 9.92. The van der Waals surface area contributed by atoms with Crippen molar-refractivity contribution >= 4 is 11.9 Å². The van der Waals surface area contributed by atoms with Crippen LogP contribution in [-0.4, -0.2) is 36.4 Å². The first-order valence-electron chi connectivity index (χ1n) is 14.0. The zero-order valence-electron chi connectivity index (χ0n) is 22.3. The minimum Gasteiger partial charge on any atom is -0.469 e. The highest BCUT2D eigenvalue weighted by atomic mass is 16.5. The number of carbonyl (C=O) groups is 2. The van der Waals surface area contributed by atoms with Gasteiger partial charge in [-0.15, -0.1) is 0 Å². The van der Waals surface area contributed by atoms with E-state index in [1.165, 1.54) is 39.7 Å². The Morgan fingerprint density at radius 3 is 2.35 bits per heavy atom. The molecule has 0 aromatic carbocycles. The normalized spacial score (nSPS) is 46.6. The van der Waals surface area contributed by atoms with Gasteiger partial charge in [0.05, 0.1) is 13.2 Å². The van der Waals surface area contributed by atoms with Crippen molar-refractivity contribution < 1.29 is 24.2 Å². The maximum atomic E-state index is 11.9. The molecule has 0 radical (unpaired) electrons. The van der Waals surface area contributed by atoms with Crippen molar-refractivity contribution in [3.8, 4) is 0 Å². The van der Waals surface area contributed by atoms with E-state index in [1.54, 1.807) is 0 Å². The Bertz CT molecular complexity index is 766. The quantitative estimate of drug-likeness (QED) is 0.493. The summed E-state index contributed by atoms with van der Waals surface area (Å²) in [6.45, 7) is 11.1. The lowest BCUT2D eigenvalue weighted by Crippen LogP contribution is -2.62. The van der Waals surface area contributed by atoms with Crippen LogP contribution in [0.4, 0.5) is 0 Å². The van der Waals surface area contributed by atoms with Crippen LogP contribution in [0.3, 0.4) is 0 Å².